The van der Waals surface area contributed by atoms with E-state index in [0.717, 1.165) is 29.7 Å². The van der Waals surface area contributed by atoms with Crippen LogP contribution in [0.4, 0.5) is 0 Å². The topological polar surface area (TPSA) is 34.0 Å². The molecule has 1 aliphatic rings. The Morgan fingerprint density at radius 1 is 0.964 bits per heavy atom. The van der Waals surface area contributed by atoms with Gasteiger partial charge in [0, 0.05) is 54.6 Å². The van der Waals surface area contributed by atoms with Crippen LogP contribution < -0.4 is 0 Å². The van der Waals surface area contributed by atoms with Crippen molar-refractivity contribution in [3.8, 4) is 22.3 Å². The molecular formula is C23H24N4S. The summed E-state index contributed by atoms with van der Waals surface area (Å²) >= 11 is 1.71. The van der Waals surface area contributed by atoms with Crippen molar-refractivity contribution in [2.45, 2.75) is 25.8 Å². The first-order valence-electron chi connectivity index (χ1n) is 10.0. The third-order valence-electron chi connectivity index (χ3n) is 5.65. The fourth-order valence-corrected chi connectivity index (χ4v) is 4.79. The summed E-state index contributed by atoms with van der Waals surface area (Å²) in [5, 5.41) is 4.27. The number of thiophene rings is 1. The molecule has 5 rings (SSSR count). The van der Waals surface area contributed by atoms with E-state index in [4.69, 9.17) is 4.98 Å². The minimum absolute atomic E-state index is 1.000. The van der Waals surface area contributed by atoms with Crippen molar-refractivity contribution in [2.75, 3.05) is 19.6 Å². The number of piperidine rings is 1. The highest BCUT2D eigenvalue weighted by Crippen LogP contribution is 2.32. The number of aromatic nitrogens is 3. The van der Waals surface area contributed by atoms with Crippen molar-refractivity contribution in [3.63, 3.8) is 0 Å². The van der Waals surface area contributed by atoms with Crippen LogP contribution in [-0.4, -0.2) is 39.1 Å². The molecule has 0 N–H and O–H groups in total. The van der Waals surface area contributed by atoms with Crippen LogP contribution in [0.1, 0.15) is 19.3 Å². The normalized spacial score (nSPS) is 15.3. The summed E-state index contributed by atoms with van der Waals surface area (Å²) in [4.78, 5) is 11.8. The summed E-state index contributed by atoms with van der Waals surface area (Å²) in [7, 11) is 0. The summed E-state index contributed by atoms with van der Waals surface area (Å²) in [5.74, 6) is 0. The Morgan fingerprint density at radius 3 is 2.71 bits per heavy atom. The second kappa shape index (κ2) is 7.86. The summed E-state index contributed by atoms with van der Waals surface area (Å²) < 4.78 is 2.36. The van der Waals surface area contributed by atoms with E-state index in [1.807, 2.05) is 24.7 Å². The molecule has 0 atom stereocenters. The van der Waals surface area contributed by atoms with Gasteiger partial charge in [0.2, 0.25) is 0 Å². The molecule has 4 aromatic rings. The van der Waals surface area contributed by atoms with Gasteiger partial charge in [-0.2, -0.15) is 11.3 Å². The Labute approximate surface area is 169 Å². The third kappa shape index (κ3) is 3.48. The van der Waals surface area contributed by atoms with Crippen LogP contribution in [0.5, 0.6) is 0 Å². The molecule has 0 amide bonds. The van der Waals surface area contributed by atoms with Crippen molar-refractivity contribution in [1.82, 2.24) is 19.4 Å². The average molecular weight is 389 g/mol. The molecule has 0 bridgehead atoms. The Kier molecular flexibility index (Phi) is 4.93. The van der Waals surface area contributed by atoms with Gasteiger partial charge in [-0.3, -0.25) is 9.97 Å². The predicted molar refractivity (Wildman–Crippen MR) is 117 cm³/mol. The fourth-order valence-electron chi connectivity index (χ4n) is 4.12. The van der Waals surface area contributed by atoms with Gasteiger partial charge in [0.05, 0.1) is 11.0 Å². The zero-order valence-electron chi connectivity index (χ0n) is 15.9. The Hall–Kier alpha value is -2.50. The number of hydrogen-bond acceptors (Lipinski definition) is 4. The molecule has 28 heavy (non-hydrogen) atoms. The molecule has 0 aromatic carbocycles. The summed E-state index contributed by atoms with van der Waals surface area (Å²) in [6, 6.07) is 8.58. The minimum atomic E-state index is 1.000. The summed E-state index contributed by atoms with van der Waals surface area (Å²) in [5.41, 5.74) is 6.94. The van der Waals surface area contributed by atoms with Crippen molar-refractivity contribution in [2.24, 2.45) is 0 Å². The van der Waals surface area contributed by atoms with Crippen LogP contribution in [0.15, 0.2) is 59.8 Å². The second-order valence-electron chi connectivity index (χ2n) is 7.48. The molecule has 1 aliphatic heterocycles. The second-order valence-corrected chi connectivity index (χ2v) is 8.26. The predicted octanol–water partition coefficient (Wildman–Crippen LogP) is 5.31. The van der Waals surface area contributed by atoms with E-state index in [9.17, 15) is 0 Å². The van der Waals surface area contributed by atoms with Gasteiger partial charge in [0.25, 0.3) is 0 Å². The highest BCUT2D eigenvalue weighted by Gasteiger charge is 2.14. The number of likely N-dealkylation sites (tertiary alicyclic amines) is 1. The van der Waals surface area contributed by atoms with E-state index in [1.165, 1.54) is 49.0 Å². The maximum absolute atomic E-state index is 4.71. The van der Waals surface area contributed by atoms with Gasteiger partial charge in [-0.1, -0.05) is 6.42 Å². The van der Waals surface area contributed by atoms with Crippen LogP contribution in [0.25, 0.3) is 33.3 Å². The molecule has 0 unspecified atom stereocenters. The van der Waals surface area contributed by atoms with Gasteiger partial charge >= 0.3 is 0 Å². The number of fused-ring (bicyclic) bond motifs is 1. The Morgan fingerprint density at radius 2 is 1.86 bits per heavy atom. The molecule has 4 nitrogen and oxygen atoms in total. The van der Waals surface area contributed by atoms with Crippen LogP contribution in [0.2, 0.25) is 0 Å². The molecule has 4 aromatic heterocycles. The van der Waals surface area contributed by atoms with E-state index >= 15 is 0 Å². The van der Waals surface area contributed by atoms with Crippen LogP contribution in [0.3, 0.4) is 0 Å². The third-order valence-corrected chi connectivity index (χ3v) is 6.33. The standard InChI is InChI=1S/C23H24N4S/c1-2-8-26(9-3-1)10-11-27-16-21(23-22(27)5-4-7-25-23)20-13-19(14-24-15-20)18-6-12-28-17-18/h4-7,12-17H,1-3,8-11H2. The highest BCUT2D eigenvalue weighted by atomic mass is 32.1. The lowest BCUT2D eigenvalue weighted by atomic mass is 10.1. The number of nitrogens with zero attached hydrogens (tertiary/aromatic N) is 4. The Balaban J connectivity index is 1.49. The number of hydrogen-bond donors (Lipinski definition) is 0. The van der Waals surface area contributed by atoms with Crippen LogP contribution in [0, 0.1) is 0 Å². The van der Waals surface area contributed by atoms with Crippen molar-refractivity contribution in [3.05, 3.63) is 59.8 Å². The molecule has 142 valence electrons. The fraction of sp³-hybridized carbons (Fsp3) is 0.304. The van der Waals surface area contributed by atoms with E-state index in [2.05, 4.69) is 49.6 Å². The van der Waals surface area contributed by atoms with Gasteiger partial charge in [0.15, 0.2) is 0 Å². The van der Waals surface area contributed by atoms with E-state index in [1.54, 1.807) is 11.3 Å². The van der Waals surface area contributed by atoms with E-state index in [0.29, 0.717) is 0 Å². The molecule has 1 saturated heterocycles. The van der Waals surface area contributed by atoms with Crippen molar-refractivity contribution >= 4 is 22.4 Å². The molecule has 5 heteroatoms. The maximum atomic E-state index is 4.71. The lowest BCUT2D eigenvalue weighted by Gasteiger charge is -2.26. The lowest BCUT2D eigenvalue weighted by molar-refractivity contribution is 0.222. The summed E-state index contributed by atoms with van der Waals surface area (Å²) in [6.07, 6.45) is 12.1. The van der Waals surface area contributed by atoms with Gasteiger partial charge < -0.3 is 9.47 Å². The molecule has 0 spiro atoms. The zero-order chi connectivity index (χ0) is 18.8. The zero-order valence-corrected chi connectivity index (χ0v) is 16.7. The van der Waals surface area contributed by atoms with Crippen LogP contribution in [-0.2, 0) is 6.54 Å². The monoisotopic (exact) mass is 388 g/mol. The minimum Gasteiger partial charge on any atom is -0.344 e. The first kappa shape index (κ1) is 17.6. The van der Waals surface area contributed by atoms with Crippen LogP contribution >= 0.6 is 11.3 Å². The maximum Gasteiger partial charge on any atom is 0.0959 e. The smallest absolute Gasteiger partial charge is 0.0959 e. The summed E-state index contributed by atoms with van der Waals surface area (Å²) in [6.45, 7) is 4.57. The molecule has 1 fully saturated rings. The quantitative estimate of drug-likeness (QED) is 0.464. The van der Waals surface area contributed by atoms with Gasteiger partial charge in [-0.15, -0.1) is 0 Å². The van der Waals surface area contributed by atoms with Crippen molar-refractivity contribution < 1.29 is 0 Å². The van der Waals surface area contributed by atoms with Gasteiger partial charge in [0.1, 0.15) is 0 Å². The molecule has 0 radical (unpaired) electrons. The molecule has 0 saturated carbocycles. The average Bonchev–Trinajstić information content (AvgIpc) is 3.42. The van der Waals surface area contributed by atoms with E-state index < -0.39 is 0 Å². The first-order valence-corrected chi connectivity index (χ1v) is 11.0. The highest BCUT2D eigenvalue weighted by molar-refractivity contribution is 7.08. The van der Waals surface area contributed by atoms with Gasteiger partial charge in [-0.25, -0.2) is 0 Å². The Bertz CT molecular complexity index is 1060. The molecular weight excluding hydrogens is 364 g/mol. The first-order chi connectivity index (χ1) is 13.9. The SMILES string of the molecule is c1cnc2c(-c3cncc(-c4ccsc4)c3)cn(CCN3CCCCC3)c2c1. The number of rotatable bonds is 5. The molecule has 0 aliphatic carbocycles. The lowest BCUT2D eigenvalue weighted by Crippen LogP contribution is -2.32. The largest absolute Gasteiger partial charge is 0.344 e. The van der Waals surface area contributed by atoms with Gasteiger partial charge in [-0.05, 0) is 66.5 Å². The number of pyridine rings is 2. The molecule has 5 heterocycles. The van der Waals surface area contributed by atoms with E-state index in [-0.39, 0.29) is 0 Å². The van der Waals surface area contributed by atoms with Crippen molar-refractivity contribution in [1.29, 1.82) is 0 Å².